The average molecular weight is 280 g/mol. The van der Waals surface area contributed by atoms with Crippen molar-refractivity contribution in [2.75, 3.05) is 13.7 Å². The van der Waals surface area contributed by atoms with E-state index in [0.29, 0.717) is 6.61 Å². The summed E-state index contributed by atoms with van der Waals surface area (Å²) < 4.78 is 18.5. The highest BCUT2D eigenvalue weighted by atomic mass is 19.1. The van der Waals surface area contributed by atoms with Crippen LogP contribution in [0.15, 0.2) is 24.3 Å². The van der Waals surface area contributed by atoms with Crippen molar-refractivity contribution >= 4 is 5.91 Å². The first kappa shape index (κ1) is 14.9. The molecule has 1 N–H and O–H groups in total. The lowest BCUT2D eigenvalue weighted by molar-refractivity contribution is -0.132. The van der Waals surface area contributed by atoms with Crippen LogP contribution in [-0.4, -0.2) is 36.6 Å². The number of halogens is 1. The Balaban J connectivity index is 2.23. The molecule has 5 heteroatoms. The molecule has 1 amide bonds. The fraction of sp³-hybridized carbons (Fsp3) is 0.533. The summed E-state index contributed by atoms with van der Waals surface area (Å²) in [5, 5.41) is 3.22. The van der Waals surface area contributed by atoms with Crippen LogP contribution >= 0.6 is 0 Å². The van der Waals surface area contributed by atoms with Crippen molar-refractivity contribution in [2.24, 2.45) is 0 Å². The molecule has 0 radical (unpaired) electrons. The van der Waals surface area contributed by atoms with Crippen LogP contribution in [0.1, 0.15) is 32.0 Å². The Bertz CT molecular complexity index is 481. The van der Waals surface area contributed by atoms with Crippen molar-refractivity contribution in [3.63, 3.8) is 0 Å². The van der Waals surface area contributed by atoms with Crippen LogP contribution < -0.4 is 5.32 Å². The van der Waals surface area contributed by atoms with Gasteiger partial charge in [-0.15, -0.1) is 0 Å². The van der Waals surface area contributed by atoms with Gasteiger partial charge in [0.1, 0.15) is 12.0 Å². The lowest BCUT2D eigenvalue weighted by atomic mass is 10.1. The molecule has 1 fully saturated rings. The van der Waals surface area contributed by atoms with E-state index in [1.165, 1.54) is 12.1 Å². The van der Waals surface area contributed by atoms with Crippen molar-refractivity contribution < 1.29 is 13.9 Å². The highest BCUT2D eigenvalue weighted by Gasteiger charge is 2.39. The van der Waals surface area contributed by atoms with Gasteiger partial charge < -0.3 is 9.64 Å². The molecule has 0 aromatic heterocycles. The molecule has 20 heavy (non-hydrogen) atoms. The zero-order chi connectivity index (χ0) is 14.7. The van der Waals surface area contributed by atoms with E-state index < -0.39 is 0 Å². The van der Waals surface area contributed by atoms with Gasteiger partial charge in [-0.1, -0.05) is 12.1 Å². The molecule has 110 valence electrons. The number of hydrogen-bond donors (Lipinski definition) is 1. The number of benzene rings is 1. The Morgan fingerprint density at radius 3 is 2.90 bits per heavy atom. The van der Waals surface area contributed by atoms with Crippen LogP contribution in [0.5, 0.6) is 0 Å². The first-order valence-electron chi connectivity index (χ1n) is 6.87. The van der Waals surface area contributed by atoms with Crippen molar-refractivity contribution in [3.8, 4) is 0 Å². The number of ether oxygens (including phenoxy) is 1. The first-order chi connectivity index (χ1) is 9.54. The average Bonchev–Trinajstić information content (AvgIpc) is 2.72. The van der Waals surface area contributed by atoms with Crippen LogP contribution in [0.25, 0.3) is 0 Å². The van der Waals surface area contributed by atoms with E-state index >= 15 is 0 Å². The fourth-order valence-corrected chi connectivity index (χ4v) is 2.57. The minimum absolute atomic E-state index is 0.0353. The smallest absolute Gasteiger partial charge is 0.241 e. The summed E-state index contributed by atoms with van der Waals surface area (Å²) in [5.74, 6) is -0.247. The molecule has 1 aliphatic rings. The molecule has 1 saturated heterocycles. The van der Waals surface area contributed by atoms with Gasteiger partial charge in [0.25, 0.3) is 0 Å². The molecule has 1 heterocycles. The second kappa shape index (κ2) is 6.33. The maximum absolute atomic E-state index is 13.4. The predicted molar refractivity (Wildman–Crippen MR) is 74.5 cm³/mol. The van der Waals surface area contributed by atoms with E-state index in [9.17, 15) is 9.18 Å². The predicted octanol–water partition coefficient (Wildman–Crippen LogP) is 2.07. The number of carbonyl (C=O) groups excluding carboxylic acids is 1. The molecule has 2 rings (SSSR count). The number of methoxy groups -OCH3 is 1. The van der Waals surface area contributed by atoms with Gasteiger partial charge in [-0.05, 0) is 38.0 Å². The maximum Gasteiger partial charge on any atom is 0.241 e. The van der Waals surface area contributed by atoms with Gasteiger partial charge in [0.05, 0.1) is 6.04 Å². The van der Waals surface area contributed by atoms with Crippen molar-refractivity contribution in [1.82, 2.24) is 10.2 Å². The van der Waals surface area contributed by atoms with Gasteiger partial charge in [0.2, 0.25) is 5.91 Å². The van der Waals surface area contributed by atoms with E-state index in [1.54, 1.807) is 18.1 Å². The third-order valence-electron chi connectivity index (χ3n) is 3.69. The minimum atomic E-state index is -0.291. The standard InChI is InChI=1S/C15H21FN2O2/c1-10(7-8-20-3)18-14(17-11(2)15(18)19)12-5-4-6-13(16)9-12/h4-6,9-11,14,17H,7-8H2,1-3H3. The molecule has 3 unspecified atom stereocenters. The Kier molecular flexibility index (Phi) is 4.73. The summed E-state index contributed by atoms with van der Waals surface area (Å²) in [6.45, 7) is 4.41. The van der Waals surface area contributed by atoms with Crippen LogP contribution in [0, 0.1) is 5.82 Å². The highest BCUT2D eigenvalue weighted by Crippen LogP contribution is 2.28. The lowest BCUT2D eigenvalue weighted by Crippen LogP contribution is -2.39. The number of rotatable bonds is 5. The quantitative estimate of drug-likeness (QED) is 0.897. The molecule has 0 aliphatic carbocycles. The monoisotopic (exact) mass is 280 g/mol. The summed E-state index contributed by atoms with van der Waals surface area (Å²) >= 11 is 0. The van der Waals surface area contributed by atoms with Gasteiger partial charge in [-0.2, -0.15) is 0 Å². The van der Waals surface area contributed by atoms with Crippen molar-refractivity contribution in [3.05, 3.63) is 35.6 Å². The summed E-state index contributed by atoms with van der Waals surface area (Å²) in [6.07, 6.45) is 0.475. The summed E-state index contributed by atoms with van der Waals surface area (Å²) in [6, 6.07) is 6.16. The Morgan fingerprint density at radius 1 is 1.50 bits per heavy atom. The summed E-state index contributed by atoms with van der Waals surface area (Å²) in [4.78, 5) is 14.1. The van der Waals surface area contributed by atoms with Crippen LogP contribution in [0.2, 0.25) is 0 Å². The van der Waals surface area contributed by atoms with Gasteiger partial charge in [-0.3, -0.25) is 10.1 Å². The Labute approximate surface area is 118 Å². The number of hydrogen-bond acceptors (Lipinski definition) is 3. The Hall–Kier alpha value is -1.46. The molecule has 1 aromatic carbocycles. The van der Waals surface area contributed by atoms with Gasteiger partial charge >= 0.3 is 0 Å². The SMILES string of the molecule is COCCC(C)N1C(=O)C(C)NC1c1cccc(F)c1. The number of carbonyl (C=O) groups is 1. The first-order valence-corrected chi connectivity index (χ1v) is 6.87. The summed E-state index contributed by atoms with van der Waals surface area (Å²) in [5.41, 5.74) is 0.770. The van der Waals surface area contributed by atoms with E-state index in [0.717, 1.165) is 12.0 Å². The second-order valence-corrected chi connectivity index (χ2v) is 5.22. The normalized spacial score (nSPS) is 24.2. The maximum atomic E-state index is 13.4. The Morgan fingerprint density at radius 2 is 2.25 bits per heavy atom. The molecule has 3 atom stereocenters. The third-order valence-corrected chi connectivity index (χ3v) is 3.69. The highest BCUT2D eigenvalue weighted by molar-refractivity contribution is 5.84. The van der Waals surface area contributed by atoms with Crippen molar-refractivity contribution in [1.29, 1.82) is 0 Å². The van der Waals surface area contributed by atoms with Gasteiger partial charge in [-0.25, -0.2) is 4.39 Å². The number of nitrogens with one attached hydrogen (secondary N) is 1. The van der Waals surface area contributed by atoms with Gasteiger partial charge in [0.15, 0.2) is 0 Å². The third kappa shape index (κ3) is 2.99. The zero-order valence-electron chi connectivity index (χ0n) is 12.1. The van der Waals surface area contributed by atoms with E-state index in [4.69, 9.17) is 4.74 Å². The van der Waals surface area contributed by atoms with Crippen LogP contribution in [-0.2, 0) is 9.53 Å². The van der Waals surface area contributed by atoms with E-state index in [1.807, 2.05) is 19.9 Å². The second-order valence-electron chi connectivity index (χ2n) is 5.22. The molecule has 1 aromatic rings. The van der Waals surface area contributed by atoms with E-state index in [-0.39, 0.29) is 30.0 Å². The molecular formula is C15H21FN2O2. The number of amides is 1. The molecule has 0 saturated carbocycles. The lowest BCUT2D eigenvalue weighted by Gasteiger charge is -2.30. The van der Waals surface area contributed by atoms with Crippen LogP contribution in [0.4, 0.5) is 4.39 Å². The molecule has 1 aliphatic heterocycles. The minimum Gasteiger partial charge on any atom is -0.385 e. The fourth-order valence-electron chi connectivity index (χ4n) is 2.57. The number of nitrogens with zero attached hydrogens (tertiary/aromatic N) is 1. The van der Waals surface area contributed by atoms with Crippen LogP contribution in [0.3, 0.4) is 0 Å². The van der Waals surface area contributed by atoms with E-state index in [2.05, 4.69) is 5.32 Å². The van der Waals surface area contributed by atoms with Gasteiger partial charge in [0, 0.05) is 19.8 Å². The zero-order valence-corrected chi connectivity index (χ0v) is 12.1. The molecule has 4 nitrogen and oxygen atoms in total. The topological polar surface area (TPSA) is 41.6 Å². The summed E-state index contributed by atoms with van der Waals surface area (Å²) in [7, 11) is 1.64. The van der Waals surface area contributed by atoms with Crippen molar-refractivity contribution in [2.45, 2.75) is 38.5 Å². The largest absolute Gasteiger partial charge is 0.385 e. The molecule has 0 bridgehead atoms. The molecular weight excluding hydrogens is 259 g/mol. The molecule has 0 spiro atoms.